The Kier molecular flexibility index (Phi) is 6.61. The Labute approximate surface area is 155 Å². The molecule has 2 aromatic rings. The smallest absolute Gasteiger partial charge is 0.255 e. The van der Waals surface area contributed by atoms with Crippen molar-refractivity contribution in [2.24, 2.45) is 0 Å². The molecule has 1 aromatic carbocycles. The van der Waals surface area contributed by atoms with Gasteiger partial charge in [-0.25, -0.2) is 4.98 Å². The van der Waals surface area contributed by atoms with Gasteiger partial charge in [0.05, 0.1) is 34.4 Å². The number of ether oxygens (including phenoxy) is 1. The molecule has 2 amide bonds. The van der Waals surface area contributed by atoms with E-state index in [1.165, 1.54) is 18.1 Å². The highest BCUT2D eigenvalue weighted by Crippen LogP contribution is 2.29. The molecule has 0 atom stereocenters. The average molecular weight is 382 g/mol. The fourth-order valence-electron chi connectivity index (χ4n) is 2.04. The largest absolute Gasteiger partial charge is 0.478 e. The molecule has 0 saturated carbocycles. The van der Waals surface area contributed by atoms with Crippen molar-refractivity contribution in [2.75, 3.05) is 25.5 Å². The summed E-state index contributed by atoms with van der Waals surface area (Å²) in [5.41, 5.74) is 0.675. The van der Waals surface area contributed by atoms with Gasteiger partial charge in [0.25, 0.3) is 5.91 Å². The van der Waals surface area contributed by atoms with Crippen molar-refractivity contribution in [3.05, 3.63) is 52.1 Å². The molecule has 0 unspecified atom stereocenters. The van der Waals surface area contributed by atoms with Crippen LogP contribution in [0.25, 0.3) is 0 Å². The second-order valence-electron chi connectivity index (χ2n) is 5.12. The molecular weight excluding hydrogens is 365 g/mol. The zero-order valence-corrected chi connectivity index (χ0v) is 15.3. The number of benzene rings is 1. The molecule has 1 heterocycles. The quantitative estimate of drug-likeness (QED) is 0.830. The van der Waals surface area contributed by atoms with Gasteiger partial charge in [-0.1, -0.05) is 29.3 Å². The van der Waals surface area contributed by atoms with Crippen LogP contribution in [-0.4, -0.2) is 41.9 Å². The molecule has 0 bridgehead atoms. The van der Waals surface area contributed by atoms with Crippen LogP contribution in [0.4, 0.5) is 5.69 Å². The Bertz CT molecular complexity index is 746. The zero-order chi connectivity index (χ0) is 18.4. The summed E-state index contributed by atoms with van der Waals surface area (Å²) in [7, 11) is 1.52. The van der Waals surface area contributed by atoms with Crippen molar-refractivity contribution in [2.45, 2.75) is 6.92 Å². The summed E-state index contributed by atoms with van der Waals surface area (Å²) in [4.78, 5) is 29.8. The van der Waals surface area contributed by atoms with Gasteiger partial charge in [0, 0.05) is 19.3 Å². The number of amides is 2. The standard InChI is InChI=1S/C17H17Cl2N3O3/c1-3-25-15-8-7-11(9-20-15)17(24)22(2)10-14(23)21-16-12(18)5-4-6-13(16)19/h4-9H,3,10H2,1-2H3,(H,21,23). The number of halogens is 2. The van der Waals surface area contributed by atoms with Crippen molar-refractivity contribution in [1.82, 2.24) is 9.88 Å². The van der Waals surface area contributed by atoms with Gasteiger partial charge in [-0.05, 0) is 25.1 Å². The monoisotopic (exact) mass is 381 g/mol. The normalized spacial score (nSPS) is 10.2. The highest BCUT2D eigenvalue weighted by Gasteiger charge is 2.17. The lowest BCUT2D eigenvalue weighted by atomic mass is 10.2. The van der Waals surface area contributed by atoms with Crippen LogP contribution < -0.4 is 10.1 Å². The SMILES string of the molecule is CCOc1ccc(C(=O)N(C)CC(=O)Nc2c(Cl)cccc2Cl)cn1. The number of hydrogen-bond donors (Lipinski definition) is 1. The lowest BCUT2D eigenvalue weighted by molar-refractivity contribution is -0.116. The maximum Gasteiger partial charge on any atom is 0.255 e. The summed E-state index contributed by atoms with van der Waals surface area (Å²) >= 11 is 12.0. The first-order chi connectivity index (χ1) is 11.9. The maximum absolute atomic E-state index is 12.3. The summed E-state index contributed by atoms with van der Waals surface area (Å²) in [5.74, 6) is -0.312. The number of nitrogens with zero attached hydrogens (tertiary/aromatic N) is 2. The molecule has 0 aliphatic carbocycles. The second-order valence-corrected chi connectivity index (χ2v) is 5.94. The van der Waals surface area contributed by atoms with Crippen LogP contribution >= 0.6 is 23.2 Å². The van der Waals surface area contributed by atoms with Gasteiger partial charge in [-0.3, -0.25) is 9.59 Å². The predicted octanol–water partition coefficient (Wildman–Crippen LogP) is 3.50. The fourth-order valence-corrected chi connectivity index (χ4v) is 2.54. The summed E-state index contributed by atoms with van der Waals surface area (Å²) < 4.78 is 5.23. The number of anilines is 1. The molecule has 0 aliphatic rings. The van der Waals surface area contributed by atoms with Crippen molar-refractivity contribution < 1.29 is 14.3 Å². The molecule has 6 nitrogen and oxygen atoms in total. The Morgan fingerprint density at radius 1 is 1.20 bits per heavy atom. The van der Waals surface area contributed by atoms with E-state index in [-0.39, 0.29) is 12.5 Å². The van der Waals surface area contributed by atoms with Crippen LogP contribution in [0.2, 0.25) is 10.0 Å². The van der Waals surface area contributed by atoms with Gasteiger partial charge in [-0.2, -0.15) is 0 Å². The van der Waals surface area contributed by atoms with Crippen LogP contribution in [0.1, 0.15) is 17.3 Å². The molecule has 0 radical (unpaired) electrons. The molecule has 132 valence electrons. The first-order valence-electron chi connectivity index (χ1n) is 7.50. The fraction of sp³-hybridized carbons (Fsp3) is 0.235. The average Bonchev–Trinajstić information content (AvgIpc) is 2.58. The highest BCUT2D eigenvalue weighted by molar-refractivity contribution is 6.39. The van der Waals surface area contributed by atoms with E-state index in [4.69, 9.17) is 27.9 Å². The summed E-state index contributed by atoms with van der Waals surface area (Å²) in [6.45, 7) is 2.18. The van der Waals surface area contributed by atoms with Crippen molar-refractivity contribution in [3.8, 4) is 5.88 Å². The predicted molar refractivity (Wildman–Crippen MR) is 97.5 cm³/mol. The van der Waals surface area contributed by atoms with Crippen LogP contribution in [0.3, 0.4) is 0 Å². The first-order valence-corrected chi connectivity index (χ1v) is 8.26. The molecular formula is C17H17Cl2N3O3. The Morgan fingerprint density at radius 2 is 1.88 bits per heavy atom. The highest BCUT2D eigenvalue weighted by atomic mass is 35.5. The Balaban J connectivity index is 1.99. The topological polar surface area (TPSA) is 71.5 Å². The van der Waals surface area contributed by atoms with E-state index in [1.54, 1.807) is 30.3 Å². The number of carbonyl (C=O) groups excluding carboxylic acids is 2. The summed E-state index contributed by atoms with van der Waals surface area (Å²) in [5, 5.41) is 3.26. The van der Waals surface area contributed by atoms with E-state index < -0.39 is 5.91 Å². The molecule has 0 saturated heterocycles. The Hall–Kier alpha value is -2.31. The number of para-hydroxylation sites is 1. The van der Waals surface area contributed by atoms with Gasteiger partial charge in [-0.15, -0.1) is 0 Å². The molecule has 25 heavy (non-hydrogen) atoms. The first kappa shape index (κ1) is 19.0. The van der Waals surface area contributed by atoms with Crippen LogP contribution in [0, 0.1) is 0 Å². The molecule has 8 heteroatoms. The molecule has 2 rings (SSSR count). The van der Waals surface area contributed by atoms with E-state index in [1.807, 2.05) is 6.92 Å². The van der Waals surface area contributed by atoms with E-state index >= 15 is 0 Å². The lowest BCUT2D eigenvalue weighted by Gasteiger charge is -2.17. The summed E-state index contributed by atoms with van der Waals surface area (Å²) in [6.07, 6.45) is 1.41. The van der Waals surface area contributed by atoms with E-state index in [2.05, 4.69) is 10.3 Å². The number of aromatic nitrogens is 1. The van der Waals surface area contributed by atoms with Gasteiger partial charge >= 0.3 is 0 Å². The minimum absolute atomic E-state index is 0.159. The Morgan fingerprint density at radius 3 is 2.44 bits per heavy atom. The van der Waals surface area contributed by atoms with Gasteiger partial charge in [0.1, 0.15) is 0 Å². The summed E-state index contributed by atoms with van der Waals surface area (Å²) in [6, 6.07) is 8.11. The van der Waals surface area contributed by atoms with Crippen LogP contribution in [0.5, 0.6) is 5.88 Å². The minimum Gasteiger partial charge on any atom is -0.478 e. The van der Waals surface area contributed by atoms with E-state index in [9.17, 15) is 9.59 Å². The minimum atomic E-state index is -0.412. The van der Waals surface area contributed by atoms with Crippen LogP contribution in [-0.2, 0) is 4.79 Å². The van der Waals surface area contributed by atoms with Crippen molar-refractivity contribution in [3.63, 3.8) is 0 Å². The molecule has 0 fully saturated rings. The second kappa shape index (κ2) is 8.69. The molecule has 0 spiro atoms. The van der Waals surface area contributed by atoms with Gasteiger partial charge in [0.2, 0.25) is 11.8 Å². The molecule has 0 aliphatic heterocycles. The lowest BCUT2D eigenvalue weighted by Crippen LogP contribution is -2.35. The third kappa shape index (κ3) is 5.08. The third-order valence-electron chi connectivity index (χ3n) is 3.23. The molecule has 1 aromatic heterocycles. The van der Waals surface area contributed by atoms with Crippen LogP contribution in [0.15, 0.2) is 36.5 Å². The number of nitrogens with one attached hydrogen (secondary N) is 1. The number of likely N-dealkylation sites (N-methyl/N-ethyl adjacent to an activating group) is 1. The van der Waals surface area contributed by atoms with Crippen molar-refractivity contribution >= 4 is 40.7 Å². The molecule has 1 N–H and O–H groups in total. The van der Waals surface area contributed by atoms with Crippen molar-refractivity contribution in [1.29, 1.82) is 0 Å². The zero-order valence-electron chi connectivity index (χ0n) is 13.8. The third-order valence-corrected chi connectivity index (χ3v) is 3.86. The van der Waals surface area contributed by atoms with Gasteiger partial charge < -0.3 is 15.0 Å². The number of carbonyl (C=O) groups is 2. The number of rotatable bonds is 6. The van der Waals surface area contributed by atoms with E-state index in [0.717, 1.165) is 0 Å². The number of hydrogen-bond acceptors (Lipinski definition) is 4. The number of pyridine rings is 1. The maximum atomic E-state index is 12.3. The van der Waals surface area contributed by atoms with Gasteiger partial charge in [0.15, 0.2) is 0 Å². The van der Waals surface area contributed by atoms with E-state index in [0.29, 0.717) is 33.8 Å².